The SMILES string of the molecule is COC(=O)c1ccc(Cl)c(NS(=O)(=O)c2cn[nH]c2N)c1. The van der Waals surface area contributed by atoms with Crippen molar-refractivity contribution in [2.24, 2.45) is 0 Å². The highest BCUT2D eigenvalue weighted by Crippen LogP contribution is 2.27. The Morgan fingerprint density at radius 3 is 2.76 bits per heavy atom. The van der Waals surface area contributed by atoms with Gasteiger partial charge in [0.15, 0.2) is 0 Å². The van der Waals surface area contributed by atoms with Crippen LogP contribution >= 0.6 is 11.6 Å². The molecule has 112 valence electrons. The highest BCUT2D eigenvalue weighted by Gasteiger charge is 2.21. The molecule has 0 bridgehead atoms. The second-order valence-corrected chi connectivity index (χ2v) is 6.00. The third kappa shape index (κ3) is 3.09. The Kier molecular flexibility index (Phi) is 4.05. The van der Waals surface area contributed by atoms with Crippen molar-refractivity contribution in [3.05, 3.63) is 35.0 Å². The van der Waals surface area contributed by atoms with Crippen molar-refractivity contribution in [3.8, 4) is 0 Å². The van der Waals surface area contributed by atoms with Gasteiger partial charge in [-0.2, -0.15) is 5.10 Å². The molecule has 4 N–H and O–H groups in total. The second kappa shape index (κ2) is 5.62. The molecule has 0 aliphatic heterocycles. The Balaban J connectivity index is 2.40. The quantitative estimate of drug-likeness (QED) is 0.723. The number of rotatable bonds is 4. The summed E-state index contributed by atoms with van der Waals surface area (Å²) in [5.74, 6) is -0.724. The molecule has 2 rings (SSSR count). The van der Waals surface area contributed by atoms with Crippen molar-refractivity contribution < 1.29 is 17.9 Å². The van der Waals surface area contributed by atoms with E-state index >= 15 is 0 Å². The zero-order chi connectivity index (χ0) is 15.6. The monoisotopic (exact) mass is 330 g/mol. The number of sulfonamides is 1. The molecule has 0 amide bonds. The Morgan fingerprint density at radius 1 is 1.48 bits per heavy atom. The average Bonchev–Trinajstić information content (AvgIpc) is 2.87. The molecule has 1 heterocycles. The number of esters is 1. The van der Waals surface area contributed by atoms with Crippen LogP contribution in [0.5, 0.6) is 0 Å². The van der Waals surface area contributed by atoms with E-state index < -0.39 is 16.0 Å². The number of carbonyl (C=O) groups excluding carboxylic acids is 1. The predicted molar refractivity (Wildman–Crippen MR) is 76.6 cm³/mol. The number of hydrogen-bond donors (Lipinski definition) is 3. The number of benzene rings is 1. The first-order valence-electron chi connectivity index (χ1n) is 5.54. The first-order valence-corrected chi connectivity index (χ1v) is 7.41. The highest BCUT2D eigenvalue weighted by molar-refractivity contribution is 7.92. The summed E-state index contributed by atoms with van der Waals surface area (Å²) in [7, 11) is -2.76. The number of hydrogen-bond acceptors (Lipinski definition) is 6. The van der Waals surface area contributed by atoms with Crippen LogP contribution < -0.4 is 10.5 Å². The minimum Gasteiger partial charge on any atom is -0.465 e. The van der Waals surface area contributed by atoms with Crippen molar-refractivity contribution in [2.75, 3.05) is 17.6 Å². The maximum atomic E-state index is 12.2. The maximum Gasteiger partial charge on any atom is 0.337 e. The highest BCUT2D eigenvalue weighted by atomic mass is 35.5. The molecule has 0 aliphatic carbocycles. The van der Waals surface area contributed by atoms with Crippen LogP contribution in [0.15, 0.2) is 29.3 Å². The molecule has 21 heavy (non-hydrogen) atoms. The zero-order valence-electron chi connectivity index (χ0n) is 10.8. The molecular weight excluding hydrogens is 320 g/mol. The minimum absolute atomic E-state index is 0.0279. The van der Waals surface area contributed by atoms with Crippen LogP contribution in [0, 0.1) is 0 Å². The summed E-state index contributed by atoms with van der Waals surface area (Å²) in [4.78, 5) is 11.2. The summed E-state index contributed by atoms with van der Waals surface area (Å²) in [5.41, 5.74) is 5.65. The molecule has 0 fully saturated rings. The Bertz CT molecular complexity index is 787. The number of H-pyrrole nitrogens is 1. The van der Waals surface area contributed by atoms with Gasteiger partial charge in [-0.25, -0.2) is 13.2 Å². The average molecular weight is 331 g/mol. The molecule has 0 unspecified atom stereocenters. The van der Waals surface area contributed by atoms with Crippen LogP contribution in [0.2, 0.25) is 5.02 Å². The van der Waals surface area contributed by atoms with E-state index in [-0.39, 0.29) is 27.0 Å². The van der Waals surface area contributed by atoms with Gasteiger partial charge in [-0.05, 0) is 18.2 Å². The van der Waals surface area contributed by atoms with Crippen molar-refractivity contribution in [1.29, 1.82) is 0 Å². The van der Waals surface area contributed by atoms with Crippen LogP contribution in [-0.4, -0.2) is 31.7 Å². The molecule has 0 aliphatic rings. The lowest BCUT2D eigenvalue weighted by Crippen LogP contribution is -2.15. The first kappa shape index (κ1) is 15.1. The number of nitrogens with one attached hydrogen (secondary N) is 2. The normalized spacial score (nSPS) is 11.1. The number of nitrogens with two attached hydrogens (primary N) is 1. The van der Waals surface area contributed by atoms with Crippen LogP contribution in [0.25, 0.3) is 0 Å². The number of carbonyl (C=O) groups is 1. The van der Waals surface area contributed by atoms with Gasteiger partial charge in [0, 0.05) is 0 Å². The third-order valence-corrected chi connectivity index (χ3v) is 4.28. The third-order valence-electron chi connectivity index (χ3n) is 2.55. The summed E-state index contributed by atoms with van der Waals surface area (Å²) in [6.45, 7) is 0. The van der Waals surface area contributed by atoms with Gasteiger partial charge in [0.2, 0.25) is 0 Å². The Labute approximate surface area is 125 Å². The number of ether oxygens (including phenoxy) is 1. The van der Waals surface area contributed by atoms with E-state index in [0.29, 0.717) is 0 Å². The zero-order valence-corrected chi connectivity index (χ0v) is 12.3. The topological polar surface area (TPSA) is 127 Å². The molecule has 0 radical (unpaired) electrons. The van der Waals surface area contributed by atoms with Crippen LogP contribution in [0.1, 0.15) is 10.4 Å². The summed E-state index contributed by atoms with van der Waals surface area (Å²) in [5, 5.41) is 5.97. The molecule has 10 heteroatoms. The van der Waals surface area contributed by atoms with Gasteiger partial charge in [-0.1, -0.05) is 11.6 Å². The molecule has 2 aromatic rings. The van der Waals surface area contributed by atoms with Gasteiger partial charge in [0.05, 0.1) is 29.6 Å². The van der Waals surface area contributed by atoms with E-state index in [0.717, 1.165) is 6.20 Å². The summed E-state index contributed by atoms with van der Waals surface area (Å²) >= 11 is 5.92. The van der Waals surface area contributed by atoms with Crippen molar-refractivity contribution in [1.82, 2.24) is 10.2 Å². The Morgan fingerprint density at radius 2 is 2.19 bits per heavy atom. The van der Waals surface area contributed by atoms with Crippen molar-refractivity contribution >= 4 is 39.1 Å². The van der Waals surface area contributed by atoms with Gasteiger partial charge in [-0.3, -0.25) is 9.82 Å². The van der Waals surface area contributed by atoms with E-state index in [4.69, 9.17) is 17.3 Å². The second-order valence-electron chi connectivity index (χ2n) is 3.94. The number of aromatic amines is 1. The molecule has 8 nitrogen and oxygen atoms in total. The van der Waals surface area contributed by atoms with Gasteiger partial charge in [0.1, 0.15) is 10.7 Å². The van der Waals surface area contributed by atoms with Gasteiger partial charge in [0.25, 0.3) is 10.0 Å². The van der Waals surface area contributed by atoms with Gasteiger partial charge in [-0.15, -0.1) is 0 Å². The number of nitrogen functional groups attached to an aromatic ring is 1. The van der Waals surface area contributed by atoms with E-state index in [1.54, 1.807) is 0 Å². The number of aromatic nitrogens is 2. The minimum atomic E-state index is -3.98. The Hall–Kier alpha value is -2.26. The lowest BCUT2D eigenvalue weighted by molar-refractivity contribution is 0.0601. The summed E-state index contributed by atoms with van der Waals surface area (Å²) in [6, 6.07) is 4.06. The molecule has 0 atom stereocenters. The first-order chi connectivity index (χ1) is 9.85. The predicted octanol–water partition coefficient (Wildman–Crippen LogP) is 1.23. The van der Waals surface area contributed by atoms with Crippen molar-refractivity contribution in [3.63, 3.8) is 0 Å². The van der Waals surface area contributed by atoms with E-state index in [1.807, 2.05) is 0 Å². The molecular formula is C11H11ClN4O4S. The van der Waals surface area contributed by atoms with Crippen LogP contribution in [0.3, 0.4) is 0 Å². The standard InChI is InChI=1S/C11H11ClN4O4S/c1-20-11(17)6-2-3-7(12)8(4-6)16-21(18,19)9-5-14-15-10(9)13/h2-5,16H,1H3,(H3,13,14,15). The fraction of sp³-hybridized carbons (Fsp3) is 0.0909. The number of halogens is 1. The molecule has 0 saturated carbocycles. The molecule has 1 aromatic carbocycles. The van der Waals surface area contributed by atoms with Crippen LogP contribution in [-0.2, 0) is 14.8 Å². The summed E-state index contributed by atoms with van der Waals surface area (Å²) < 4.78 is 31.1. The smallest absolute Gasteiger partial charge is 0.337 e. The van der Waals surface area contributed by atoms with Gasteiger partial charge >= 0.3 is 5.97 Å². The molecule has 0 spiro atoms. The lowest BCUT2D eigenvalue weighted by Gasteiger charge is -2.10. The van der Waals surface area contributed by atoms with E-state index in [9.17, 15) is 13.2 Å². The summed E-state index contributed by atoms with van der Waals surface area (Å²) in [6.07, 6.45) is 1.07. The fourth-order valence-corrected chi connectivity index (χ4v) is 2.86. The van der Waals surface area contributed by atoms with Gasteiger partial charge < -0.3 is 10.5 Å². The van der Waals surface area contributed by atoms with Crippen molar-refractivity contribution in [2.45, 2.75) is 4.90 Å². The number of anilines is 2. The van der Waals surface area contributed by atoms with E-state index in [1.165, 1.54) is 25.3 Å². The van der Waals surface area contributed by atoms with Crippen LogP contribution in [0.4, 0.5) is 11.5 Å². The van der Waals surface area contributed by atoms with E-state index in [2.05, 4.69) is 19.7 Å². The number of nitrogens with zero attached hydrogens (tertiary/aromatic N) is 1. The molecule has 0 saturated heterocycles. The lowest BCUT2D eigenvalue weighted by atomic mass is 10.2. The molecule has 1 aromatic heterocycles. The largest absolute Gasteiger partial charge is 0.465 e. The maximum absolute atomic E-state index is 12.2. The number of methoxy groups -OCH3 is 1. The fourth-order valence-electron chi connectivity index (χ4n) is 1.55.